The van der Waals surface area contributed by atoms with E-state index in [0.29, 0.717) is 6.42 Å². The number of thiophene rings is 1. The molecule has 0 fully saturated rings. The van der Waals surface area contributed by atoms with Crippen LogP contribution in [-0.4, -0.2) is 21.3 Å². The average molecular weight is 397 g/mol. The molecule has 4 aromatic rings. The monoisotopic (exact) mass is 396 g/mol. The van der Waals surface area contributed by atoms with Gasteiger partial charge in [-0.2, -0.15) is 0 Å². The van der Waals surface area contributed by atoms with Crippen molar-refractivity contribution >= 4 is 49.3 Å². The van der Waals surface area contributed by atoms with Crippen LogP contribution in [0.5, 0.6) is 0 Å². The first-order valence-electron chi connectivity index (χ1n) is 8.89. The van der Waals surface area contributed by atoms with Crippen molar-refractivity contribution in [3.63, 3.8) is 0 Å². The van der Waals surface area contributed by atoms with E-state index >= 15 is 0 Å². The molecule has 2 aromatic heterocycles. The molecule has 0 N–H and O–H groups in total. The molecule has 0 aliphatic heterocycles. The van der Waals surface area contributed by atoms with Crippen LogP contribution in [0.15, 0.2) is 59.1 Å². The number of carboxylic acids is 1. The van der Waals surface area contributed by atoms with E-state index in [1.165, 1.54) is 15.6 Å². The summed E-state index contributed by atoms with van der Waals surface area (Å²) in [6, 6.07) is 16.9. The molecule has 138 valence electrons. The molecule has 1 unspecified atom stereocenters. The molecular weight excluding hydrogens is 376 g/mol. The van der Waals surface area contributed by atoms with Gasteiger partial charge < -0.3 is 9.90 Å². The summed E-state index contributed by atoms with van der Waals surface area (Å²) in [7, 11) is 0.00212. The number of imidazole rings is 1. The summed E-state index contributed by atoms with van der Waals surface area (Å²) in [6.45, 7) is 2.15. The maximum atomic E-state index is 10.6. The number of para-hydroxylation sites is 2. The highest BCUT2D eigenvalue weighted by atomic mass is 32.2. The Morgan fingerprint density at radius 2 is 2.04 bits per heavy atom. The summed E-state index contributed by atoms with van der Waals surface area (Å²) in [5.74, 6) is 0.584. The summed E-state index contributed by atoms with van der Waals surface area (Å²) in [5.41, 5.74) is 3.42. The fraction of sp³-hybridized carbons (Fsp3) is 0.238. The fourth-order valence-corrected chi connectivity index (χ4v) is 6.25. The van der Waals surface area contributed by atoms with E-state index in [1.807, 2.05) is 18.2 Å². The molecule has 0 saturated heterocycles. The highest BCUT2D eigenvalue weighted by Crippen LogP contribution is 2.37. The quantitative estimate of drug-likeness (QED) is 0.264. The molecule has 0 aliphatic rings. The van der Waals surface area contributed by atoms with Crippen LogP contribution in [-0.2, 0) is 10.7 Å². The Morgan fingerprint density at radius 1 is 1.19 bits per heavy atom. The average Bonchev–Trinajstić information content (AvgIpc) is 3.22. The van der Waals surface area contributed by atoms with E-state index < -0.39 is 5.97 Å². The Morgan fingerprint density at radius 3 is 2.89 bits per heavy atom. The number of carboxylic acid groups (broad SMARTS) is 1. The van der Waals surface area contributed by atoms with Crippen LogP contribution in [0.3, 0.4) is 0 Å². The van der Waals surface area contributed by atoms with Crippen LogP contribution >= 0.6 is 22.2 Å². The van der Waals surface area contributed by atoms with Gasteiger partial charge >= 0.3 is 0 Å². The van der Waals surface area contributed by atoms with Crippen LogP contribution in [0.4, 0.5) is 0 Å². The highest BCUT2D eigenvalue weighted by Gasteiger charge is 2.19. The third kappa shape index (κ3) is 3.73. The molecule has 4 rings (SSSR count). The molecule has 0 saturated carbocycles. The van der Waals surface area contributed by atoms with Crippen molar-refractivity contribution in [2.75, 3.05) is 5.75 Å². The third-order valence-corrected chi connectivity index (χ3v) is 7.59. The van der Waals surface area contributed by atoms with Crippen LogP contribution < -0.4 is 5.11 Å². The number of carbonyl (C=O) groups is 1. The predicted octanol–water partition coefficient (Wildman–Crippen LogP) is 4.38. The summed E-state index contributed by atoms with van der Waals surface area (Å²) in [4.78, 5) is 15.4. The predicted molar refractivity (Wildman–Crippen MR) is 111 cm³/mol. The molecule has 0 bridgehead atoms. The largest absolute Gasteiger partial charge is 0.550 e. The Balaban J connectivity index is 1.67. The zero-order valence-electron chi connectivity index (χ0n) is 15.1. The smallest absolute Gasteiger partial charge is 0.207 e. The number of rotatable bonds is 7. The molecule has 0 amide bonds. The van der Waals surface area contributed by atoms with Gasteiger partial charge in [0.05, 0.1) is 11.0 Å². The summed E-state index contributed by atoms with van der Waals surface area (Å²) in [5, 5.41) is 15.2. The minimum Gasteiger partial charge on any atom is -0.550 e. The van der Waals surface area contributed by atoms with Crippen LogP contribution in [0.2, 0.25) is 0 Å². The van der Waals surface area contributed by atoms with Crippen molar-refractivity contribution in [3.8, 4) is 0 Å². The molecule has 4 nitrogen and oxygen atoms in total. The van der Waals surface area contributed by atoms with E-state index in [1.54, 1.807) is 11.8 Å². The zero-order valence-corrected chi connectivity index (χ0v) is 16.7. The van der Waals surface area contributed by atoms with Gasteiger partial charge in [0, 0.05) is 33.6 Å². The molecular formula is C21H20N2O2S2. The van der Waals surface area contributed by atoms with Crippen molar-refractivity contribution in [1.82, 2.24) is 9.55 Å². The molecule has 0 aliphatic carbocycles. The number of hydrogen-bond donors (Lipinski definition) is 0. The molecule has 1 atom stereocenters. The lowest BCUT2D eigenvalue weighted by Gasteiger charge is -2.05. The van der Waals surface area contributed by atoms with Gasteiger partial charge in [0.1, 0.15) is 5.38 Å². The number of benzene rings is 2. The Labute approximate surface area is 164 Å². The number of nitrogens with zero attached hydrogens (tertiary/aromatic N) is 2. The molecule has 2 heterocycles. The van der Waals surface area contributed by atoms with Gasteiger partial charge in [0.15, 0.2) is 9.86 Å². The lowest BCUT2D eigenvalue weighted by atomic mass is 10.2. The number of hydrogen-bond acceptors (Lipinski definition) is 4. The number of fused-ring (bicyclic) bond motifs is 2. The SMILES string of the molecule is Cc1cccc2c1cc[s+]2Cn1c(SCCCC(=O)[O-])nc2ccccc21. The van der Waals surface area contributed by atoms with E-state index in [0.717, 1.165) is 27.8 Å². The minimum absolute atomic E-state index is 0.00212. The maximum Gasteiger partial charge on any atom is 0.207 e. The van der Waals surface area contributed by atoms with E-state index in [4.69, 9.17) is 4.98 Å². The number of thioether (sulfide) groups is 1. The normalized spacial score (nSPS) is 12.1. The molecule has 0 radical (unpaired) electrons. The first kappa shape index (κ1) is 18.1. The van der Waals surface area contributed by atoms with Gasteiger partial charge in [-0.3, -0.25) is 4.57 Å². The Bertz CT molecular complexity index is 1110. The number of aryl methyl sites for hydroxylation is 1. The van der Waals surface area contributed by atoms with Crippen molar-refractivity contribution < 1.29 is 9.90 Å². The highest BCUT2D eigenvalue weighted by molar-refractivity contribution is 7.99. The minimum atomic E-state index is -0.992. The first-order valence-corrected chi connectivity index (χ1v) is 11.3. The lowest BCUT2D eigenvalue weighted by Crippen LogP contribution is -2.21. The van der Waals surface area contributed by atoms with E-state index in [2.05, 4.69) is 47.2 Å². The number of carbonyl (C=O) groups excluding carboxylic acids is 1. The van der Waals surface area contributed by atoms with Gasteiger partial charge in [0.2, 0.25) is 5.88 Å². The second-order valence-electron chi connectivity index (χ2n) is 6.48. The standard InChI is InChI=1S/C21H20N2O2S2/c1-15-6-4-9-19-16(15)11-13-27(19)14-23-18-8-3-2-7-17(18)22-21(23)26-12-5-10-20(24)25/h2-4,6-9,11,13H,5,10,12,14H2,1H3. The van der Waals surface area contributed by atoms with Crippen molar-refractivity contribution in [1.29, 1.82) is 0 Å². The topological polar surface area (TPSA) is 58.0 Å². The first-order chi connectivity index (χ1) is 13.1. The van der Waals surface area contributed by atoms with Crippen molar-refractivity contribution in [2.45, 2.75) is 30.8 Å². The Hall–Kier alpha value is -2.31. The van der Waals surface area contributed by atoms with Gasteiger partial charge in [-0.25, -0.2) is 4.98 Å². The van der Waals surface area contributed by atoms with Crippen molar-refractivity contribution in [2.24, 2.45) is 0 Å². The summed E-state index contributed by atoms with van der Waals surface area (Å²) < 4.78 is 3.67. The molecule has 2 aromatic carbocycles. The van der Waals surface area contributed by atoms with E-state index in [-0.39, 0.29) is 16.9 Å². The summed E-state index contributed by atoms with van der Waals surface area (Å²) >= 11 is 1.62. The van der Waals surface area contributed by atoms with Crippen LogP contribution in [0.1, 0.15) is 18.4 Å². The van der Waals surface area contributed by atoms with Crippen molar-refractivity contribution in [3.05, 3.63) is 59.5 Å². The fourth-order valence-electron chi connectivity index (χ4n) is 3.24. The molecule has 27 heavy (non-hydrogen) atoms. The second-order valence-corrected chi connectivity index (χ2v) is 9.37. The zero-order chi connectivity index (χ0) is 18.8. The van der Waals surface area contributed by atoms with Gasteiger partial charge in [-0.05, 0) is 43.5 Å². The number of aliphatic carboxylic acids is 1. The van der Waals surface area contributed by atoms with Crippen LogP contribution in [0, 0.1) is 6.92 Å². The Kier molecular flexibility index (Phi) is 5.18. The summed E-state index contributed by atoms with van der Waals surface area (Å²) in [6.07, 6.45) is 0.677. The van der Waals surface area contributed by atoms with Crippen LogP contribution in [0.25, 0.3) is 21.1 Å². The van der Waals surface area contributed by atoms with Gasteiger partial charge in [-0.15, -0.1) is 0 Å². The third-order valence-electron chi connectivity index (χ3n) is 4.61. The van der Waals surface area contributed by atoms with Gasteiger partial charge in [0.25, 0.3) is 0 Å². The lowest BCUT2D eigenvalue weighted by molar-refractivity contribution is -0.305. The second kappa shape index (κ2) is 7.74. The maximum absolute atomic E-state index is 10.6. The number of aromatic nitrogens is 2. The van der Waals surface area contributed by atoms with E-state index in [9.17, 15) is 9.90 Å². The molecule has 0 spiro atoms. The van der Waals surface area contributed by atoms with Gasteiger partial charge in [-0.1, -0.05) is 36.0 Å². The molecule has 6 heteroatoms.